The van der Waals surface area contributed by atoms with E-state index in [1.54, 1.807) is 6.20 Å². The first-order chi connectivity index (χ1) is 12.4. The molecule has 4 nitrogen and oxygen atoms in total. The van der Waals surface area contributed by atoms with Crippen molar-refractivity contribution in [1.29, 1.82) is 0 Å². The summed E-state index contributed by atoms with van der Waals surface area (Å²) in [4.78, 5) is 4.45. The molecule has 2 heterocycles. The lowest BCUT2D eigenvalue weighted by molar-refractivity contribution is 0.126. The van der Waals surface area contributed by atoms with E-state index in [2.05, 4.69) is 34.6 Å². The number of rotatable bonds is 6. The van der Waals surface area contributed by atoms with Crippen LogP contribution in [0, 0.1) is 5.92 Å². The van der Waals surface area contributed by atoms with Crippen LogP contribution >= 0.6 is 0 Å². The zero-order valence-corrected chi connectivity index (χ0v) is 14.6. The van der Waals surface area contributed by atoms with Crippen LogP contribution in [0.3, 0.4) is 0 Å². The largest absolute Gasteiger partial charge is 0.480 e. The minimum atomic E-state index is 0.0197. The second-order valence-electron chi connectivity index (χ2n) is 7.03. The zero-order chi connectivity index (χ0) is 16.9. The number of pyridine rings is 1. The van der Waals surface area contributed by atoms with Gasteiger partial charge in [0.1, 0.15) is 12.2 Å². The van der Waals surface area contributed by atoms with Gasteiger partial charge in [-0.1, -0.05) is 30.3 Å². The van der Waals surface area contributed by atoms with Gasteiger partial charge in [-0.3, -0.25) is 0 Å². The van der Waals surface area contributed by atoms with Crippen molar-refractivity contribution in [2.75, 3.05) is 13.1 Å². The fourth-order valence-corrected chi connectivity index (χ4v) is 3.87. The third-order valence-corrected chi connectivity index (χ3v) is 5.23. The Morgan fingerprint density at radius 2 is 1.84 bits per heavy atom. The highest BCUT2D eigenvalue weighted by molar-refractivity contribution is 5.34. The van der Waals surface area contributed by atoms with Gasteiger partial charge < -0.3 is 14.8 Å². The van der Waals surface area contributed by atoms with Crippen LogP contribution in [-0.2, 0) is 0 Å². The third-order valence-electron chi connectivity index (χ3n) is 5.23. The molecule has 1 N–H and O–H groups in total. The van der Waals surface area contributed by atoms with E-state index < -0.39 is 0 Å². The van der Waals surface area contributed by atoms with Gasteiger partial charge >= 0.3 is 0 Å². The van der Waals surface area contributed by atoms with E-state index in [1.165, 1.54) is 18.4 Å². The highest BCUT2D eigenvalue weighted by Gasteiger charge is 2.29. The fourth-order valence-electron chi connectivity index (χ4n) is 3.87. The lowest BCUT2D eigenvalue weighted by Crippen LogP contribution is -2.22. The molecule has 2 atom stereocenters. The van der Waals surface area contributed by atoms with Crippen LogP contribution in [0.4, 0.5) is 0 Å². The van der Waals surface area contributed by atoms with Crippen LogP contribution in [0.25, 0.3) is 0 Å². The SMILES string of the molecule is c1ccc([C@H](Oc2cccnc2OC2CCCC2)[C@H]2CCNC2)cc1. The molecule has 1 saturated carbocycles. The van der Waals surface area contributed by atoms with Crippen molar-refractivity contribution in [2.45, 2.75) is 44.3 Å². The van der Waals surface area contributed by atoms with Gasteiger partial charge in [0.05, 0.1) is 0 Å². The van der Waals surface area contributed by atoms with E-state index in [0.29, 0.717) is 11.8 Å². The molecule has 1 saturated heterocycles. The first-order valence-corrected chi connectivity index (χ1v) is 9.44. The van der Waals surface area contributed by atoms with Crippen molar-refractivity contribution >= 4 is 0 Å². The number of benzene rings is 1. The lowest BCUT2D eigenvalue weighted by Gasteiger charge is -2.26. The van der Waals surface area contributed by atoms with Gasteiger partial charge in [0.2, 0.25) is 0 Å². The summed E-state index contributed by atoms with van der Waals surface area (Å²) in [6, 6.07) is 14.4. The van der Waals surface area contributed by atoms with Crippen LogP contribution in [-0.4, -0.2) is 24.2 Å². The molecule has 2 fully saturated rings. The molecule has 1 aliphatic heterocycles. The molecule has 4 heteroatoms. The molecule has 0 amide bonds. The van der Waals surface area contributed by atoms with Gasteiger partial charge in [0.25, 0.3) is 5.88 Å². The summed E-state index contributed by atoms with van der Waals surface area (Å²) in [6.07, 6.45) is 7.92. The molecule has 0 unspecified atom stereocenters. The van der Waals surface area contributed by atoms with E-state index in [9.17, 15) is 0 Å². The Labute approximate surface area is 149 Å². The van der Waals surface area contributed by atoms with E-state index in [1.807, 2.05) is 18.2 Å². The van der Waals surface area contributed by atoms with Crippen molar-refractivity contribution in [1.82, 2.24) is 10.3 Å². The van der Waals surface area contributed by atoms with Gasteiger partial charge in [0, 0.05) is 18.7 Å². The van der Waals surface area contributed by atoms with E-state index in [0.717, 1.165) is 38.1 Å². The van der Waals surface area contributed by atoms with Crippen LogP contribution in [0.15, 0.2) is 48.7 Å². The summed E-state index contributed by atoms with van der Waals surface area (Å²) in [7, 11) is 0. The number of nitrogens with one attached hydrogen (secondary N) is 1. The normalized spacial score (nSPS) is 22.0. The summed E-state index contributed by atoms with van der Waals surface area (Å²) in [5.74, 6) is 1.86. The Morgan fingerprint density at radius 1 is 1.00 bits per heavy atom. The lowest BCUT2D eigenvalue weighted by atomic mass is 9.95. The number of nitrogens with zero attached hydrogens (tertiary/aromatic N) is 1. The minimum absolute atomic E-state index is 0.0197. The van der Waals surface area contributed by atoms with Gasteiger partial charge in [-0.2, -0.15) is 0 Å². The van der Waals surface area contributed by atoms with Gasteiger partial charge in [-0.15, -0.1) is 0 Å². The summed E-state index contributed by atoms with van der Waals surface area (Å²) in [6.45, 7) is 2.04. The molecule has 2 aromatic rings. The predicted molar refractivity (Wildman–Crippen MR) is 97.9 cm³/mol. The molecule has 0 radical (unpaired) electrons. The van der Waals surface area contributed by atoms with Gasteiger partial charge in [-0.05, 0) is 56.3 Å². The molecule has 4 rings (SSSR count). The summed E-state index contributed by atoms with van der Waals surface area (Å²) < 4.78 is 12.7. The van der Waals surface area contributed by atoms with Crippen LogP contribution < -0.4 is 14.8 Å². The fraction of sp³-hybridized carbons (Fsp3) is 0.476. The Kier molecular flexibility index (Phi) is 5.17. The predicted octanol–water partition coefficient (Wildman–Crippen LogP) is 4.13. The highest BCUT2D eigenvalue weighted by atomic mass is 16.5. The smallest absolute Gasteiger partial charge is 0.257 e. The van der Waals surface area contributed by atoms with Gasteiger partial charge in [-0.25, -0.2) is 4.98 Å². The Bertz CT molecular complexity index is 665. The Hall–Kier alpha value is -2.07. The van der Waals surface area contributed by atoms with E-state index >= 15 is 0 Å². The van der Waals surface area contributed by atoms with Crippen molar-refractivity contribution in [3.63, 3.8) is 0 Å². The molecule has 2 aliphatic rings. The molecular weight excluding hydrogens is 312 g/mol. The van der Waals surface area contributed by atoms with Crippen LogP contribution in [0.2, 0.25) is 0 Å². The molecule has 25 heavy (non-hydrogen) atoms. The molecule has 132 valence electrons. The molecule has 0 bridgehead atoms. The standard InChI is InChI=1S/C21H26N2O2/c1-2-7-16(8-3-1)20(17-12-14-22-15-17)25-19-11-6-13-23-21(19)24-18-9-4-5-10-18/h1-3,6-8,11,13,17-18,20,22H,4-5,9-10,12,14-15H2/t17-,20-/m0/s1. The van der Waals surface area contributed by atoms with Crippen LogP contribution in [0.5, 0.6) is 11.6 Å². The molecule has 1 aromatic heterocycles. The topological polar surface area (TPSA) is 43.4 Å². The zero-order valence-electron chi connectivity index (χ0n) is 14.6. The maximum atomic E-state index is 6.50. The van der Waals surface area contributed by atoms with Crippen molar-refractivity contribution in [3.8, 4) is 11.6 Å². The second kappa shape index (κ2) is 7.87. The van der Waals surface area contributed by atoms with Crippen molar-refractivity contribution in [2.24, 2.45) is 5.92 Å². The molecule has 1 aromatic carbocycles. The summed E-state index contributed by atoms with van der Waals surface area (Å²) in [5, 5.41) is 3.45. The quantitative estimate of drug-likeness (QED) is 0.860. The van der Waals surface area contributed by atoms with E-state index in [-0.39, 0.29) is 12.2 Å². The third kappa shape index (κ3) is 3.96. The maximum absolute atomic E-state index is 6.50. The Morgan fingerprint density at radius 3 is 2.60 bits per heavy atom. The second-order valence-corrected chi connectivity index (χ2v) is 7.03. The molecule has 0 spiro atoms. The summed E-state index contributed by atoms with van der Waals surface area (Å²) >= 11 is 0. The van der Waals surface area contributed by atoms with Gasteiger partial charge in [0.15, 0.2) is 5.75 Å². The highest BCUT2D eigenvalue weighted by Crippen LogP contribution is 2.36. The monoisotopic (exact) mass is 338 g/mol. The number of aromatic nitrogens is 1. The first kappa shape index (κ1) is 16.4. The van der Waals surface area contributed by atoms with E-state index in [4.69, 9.17) is 9.47 Å². The average molecular weight is 338 g/mol. The number of hydrogen-bond donors (Lipinski definition) is 1. The molecular formula is C21H26N2O2. The average Bonchev–Trinajstić information content (AvgIpc) is 3.36. The van der Waals surface area contributed by atoms with Crippen molar-refractivity contribution < 1.29 is 9.47 Å². The maximum Gasteiger partial charge on any atom is 0.257 e. The first-order valence-electron chi connectivity index (χ1n) is 9.44. The molecule has 1 aliphatic carbocycles. The van der Waals surface area contributed by atoms with Crippen molar-refractivity contribution in [3.05, 3.63) is 54.2 Å². The minimum Gasteiger partial charge on any atom is -0.480 e. The van der Waals surface area contributed by atoms with Crippen LogP contribution in [0.1, 0.15) is 43.8 Å². The number of ether oxygens (including phenoxy) is 2. The number of hydrogen-bond acceptors (Lipinski definition) is 4. The summed E-state index contributed by atoms with van der Waals surface area (Å²) in [5.41, 5.74) is 1.21. The Balaban J connectivity index is 1.57.